The molecule has 4 nitrogen and oxygen atoms in total. The van der Waals surface area contributed by atoms with Gasteiger partial charge in [-0.25, -0.2) is 4.98 Å². The van der Waals surface area contributed by atoms with Crippen molar-refractivity contribution in [3.63, 3.8) is 0 Å². The molecule has 0 unspecified atom stereocenters. The number of hydrogen-bond acceptors (Lipinski definition) is 4. The van der Waals surface area contributed by atoms with Gasteiger partial charge in [0.15, 0.2) is 0 Å². The Hall–Kier alpha value is -1.81. The molecule has 20 heavy (non-hydrogen) atoms. The number of nitrogen functional groups attached to an aromatic ring is 1. The van der Waals surface area contributed by atoms with E-state index in [0.717, 1.165) is 5.56 Å². The van der Waals surface area contributed by atoms with Crippen LogP contribution in [0.15, 0.2) is 30.3 Å². The number of nitrogens with zero attached hydrogens (tertiary/aromatic N) is 2. The SMILES string of the molecule is CC(C)(C)c1nc(N)cc(OCc2cccc(Cl)c2)n1. The Bertz CT molecular complexity index is 608. The number of aromatic nitrogens is 2. The van der Waals surface area contributed by atoms with Crippen molar-refractivity contribution in [1.82, 2.24) is 9.97 Å². The highest BCUT2D eigenvalue weighted by atomic mass is 35.5. The van der Waals surface area contributed by atoms with Crippen LogP contribution >= 0.6 is 11.6 Å². The molecule has 0 saturated heterocycles. The molecule has 0 aliphatic rings. The molecule has 2 rings (SSSR count). The van der Waals surface area contributed by atoms with Crippen molar-refractivity contribution in [3.8, 4) is 5.88 Å². The predicted molar refractivity (Wildman–Crippen MR) is 80.9 cm³/mol. The predicted octanol–water partition coefficient (Wildman–Crippen LogP) is 3.59. The highest BCUT2D eigenvalue weighted by Gasteiger charge is 2.19. The van der Waals surface area contributed by atoms with Gasteiger partial charge >= 0.3 is 0 Å². The van der Waals surface area contributed by atoms with Gasteiger partial charge in [0.05, 0.1) is 0 Å². The second kappa shape index (κ2) is 5.67. The molecule has 0 fully saturated rings. The van der Waals surface area contributed by atoms with E-state index in [1.807, 2.05) is 45.0 Å². The van der Waals surface area contributed by atoms with E-state index in [1.165, 1.54) is 0 Å². The molecule has 1 aromatic heterocycles. The van der Waals surface area contributed by atoms with E-state index in [4.69, 9.17) is 22.1 Å². The third kappa shape index (κ3) is 3.84. The summed E-state index contributed by atoms with van der Waals surface area (Å²) in [7, 11) is 0. The highest BCUT2D eigenvalue weighted by Crippen LogP contribution is 2.22. The van der Waals surface area contributed by atoms with Gasteiger partial charge in [0, 0.05) is 16.5 Å². The average molecular weight is 292 g/mol. The van der Waals surface area contributed by atoms with Crippen molar-refractivity contribution < 1.29 is 4.74 Å². The van der Waals surface area contributed by atoms with Crippen LogP contribution in [0.4, 0.5) is 5.82 Å². The lowest BCUT2D eigenvalue weighted by Crippen LogP contribution is -2.17. The zero-order valence-corrected chi connectivity index (χ0v) is 12.6. The minimum Gasteiger partial charge on any atom is -0.473 e. The molecule has 2 N–H and O–H groups in total. The van der Waals surface area contributed by atoms with Crippen LogP contribution < -0.4 is 10.5 Å². The molecule has 0 amide bonds. The Labute approximate surface area is 124 Å². The normalized spacial score (nSPS) is 11.4. The molecule has 2 aromatic rings. The van der Waals surface area contributed by atoms with Crippen molar-refractivity contribution in [3.05, 3.63) is 46.7 Å². The topological polar surface area (TPSA) is 61.0 Å². The first kappa shape index (κ1) is 14.6. The molecule has 1 heterocycles. The van der Waals surface area contributed by atoms with E-state index in [9.17, 15) is 0 Å². The number of rotatable bonds is 3. The second-order valence-electron chi connectivity index (χ2n) is 5.62. The summed E-state index contributed by atoms with van der Waals surface area (Å²) in [6.07, 6.45) is 0. The van der Waals surface area contributed by atoms with Gasteiger partial charge < -0.3 is 10.5 Å². The summed E-state index contributed by atoms with van der Waals surface area (Å²) < 4.78 is 5.67. The molecule has 1 aromatic carbocycles. The van der Waals surface area contributed by atoms with E-state index >= 15 is 0 Å². The van der Waals surface area contributed by atoms with E-state index in [2.05, 4.69) is 9.97 Å². The number of ether oxygens (including phenoxy) is 1. The number of benzene rings is 1. The number of nitrogens with two attached hydrogens (primary N) is 1. The maximum absolute atomic E-state index is 5.94. The monoisotopic (exact) mass is 291 g/mol. The maximum atomic E-state index is 5.94. The summed E-state index contributed by atoms with van der Waals surface area (Å²) >= 11 is 5.94. The second-order valence-corrected chi connectivity index (χ2v) is 6.06. The summed E-state index contributed by atoms with van der Waals surface area (Å²) in [5.74, 6) is 1.55. The molecular weight excluding hydrogens is 274 g/mol. The van der Waals surface area contributed by atoms with Crippen LogP contribution in [0.25, 0.3) is 0 Å². The Balaban J connectivity index is 2.16. The fourth-order valence-corrected chi connectivity index (χ4v) is 1.85. The fraction of sp³-hybridized carbons (Fsp3) is 0.333. The lowest BCUT2D eigenvalue weighted by Gasteiger charge is -2.17. The first-order valence-electron chi connectivity index (χ1n) is 6.37. The van der Waals surface area contributed by atoms with Crippen LogP contribution in [0, 0.1) is 0 Å². The maximum Gasteiger partial charge on any atom is 0.219 e. The molecule has 0 radical (unpaired) electrons. The molecule has 106 valence electrons. The van der Waals surface area contributed by atoms with Crippen molar-refractivity contribution in [2.75, 3.05) is 5.73 Å². The van der Waals surface area contributed by atoms with Gasteiger partial charge in [-0.05, 0) is 17.7 Å². The van der Waals surface area contributed by atoms with Crippen LogP contribution in [0.3, 0.4) is 0 Å². The van der Waals surface area contributed by atoms with Gasteiger partial charge in [0.1, 0.15) is 18.2 Å². The van der Waals surface area contributed by atoms with E-state index in [0.29, 0.717) is 29.2 Å². The molecule has 0 aliphatic heterocycles. The van der Waals surface area contributed by atoms with Gasteiger partial charge in [-0.2, -0.15) is 4.98 Å². The number of halogens is 1. The van der Waals surface area contributed by atoms with Crippen molar-refractivity contribution in [1.29, 1.82) is 0 Å². The van der Waals surface area contributed by atoms with Gasteiger partial charge in [-0.15, -0.1) is 0 Å². The zero-order valence-electron chi connectivity index (χ0n) is 11.9. The fourth-order valence-electron chi connectivity index (χ4n) is 1.64. The lowest BCUT2D eigenvalue weighted by atomic mass is 9.96. The quantitative estimate of drug-likeness (QED) is 0.939. The molecule has 0 spiro atoms. The summed E-state index contributed by atoms with van der Waals surface area (Å²) in [6, 6.07) is 9.14. The first-order chi connectivity index (χ1) is 9.34. The third-order valence-corrected chi connectivity index (χ3v) is 2.90. The summed E-state index contributed by atoms with van der Waals surface area (Å²) in [5, 5.41) is 0.684. The minimum absolute atomic E-state index is 0.177. The molecule has 0 aliphatic carbocycles. The van der Waals surface area contributed by atoms with E-state index < -0.39 is 0 Å². The summed E-state index contributed by atoms with van der Waals surface area (Å²) in [5.41, 5.74) is 6.60. The van der Waals surface area contributed by atoms with Crippen molar-refractivity contribution in [2.45, 2.75) is 32.8 Å². The van der Waals surface area contributed by atoms with Crippen LogP contribution in [-0.2, 0) is 12.0 Å². The van der Waals surface area contributed by atoms with E-state index in [1.54, 1.807) is 6.07 Å². The van der Waals surface area contributed by atoms with Crippen molar-refractivity contribution in [2.24, 2.45) is 0 Å². The Morgan fingerprint density at radius 2 is 1.95 bits per heavy atom. The standard InChI is InChI=1S/C15H18ClN3O/c1-15(2,3)14-18-12(17)8-13(19-14)20-9-10-5-4-6-11(16)7-10/h4-8H,9H2,1-3H3,(H2,17,18,19). The third-order valence-electron chi connectivity index (χ3n) is 2.67. The number of hydrogen-bond donors (Lipinski definition) is 1. The Morgan fingerprint density at radius 1 is 1.20 bits per heavy atom. The summed E-state index contributed by atoms with van der Waals surface area (Å²) in [6.45, 7) is 6.48. The molecule has 5 heteroatoms. The molecule has 0 saturated carbocycles. The molecule has 0 bridgehead atoms. The molecule has 0 atom stereocenters. The average Bonchev–Trinajstić information content (AvgIpc) is 2.35. The van der Waals surface area contributed by atoms with Crippen LogP contribution in [0.5, 0.6) is 5.88 Å². The molecular formula is C15H18ClN3O. The van der Waals surface area contributed by atoms with Gasteiger partial charge in [-0.3, -0.25) is 0 Å². The van der Waals surface area contributed by atoms with Crippen LogP contribution in [0.2, 0.25) is 5.02 Å². The smallest absolute Gasteiger partial charge is 0.219 e. The van der Waals surface area contributed by atoms with E-state index in [-0.39, 0.29) is 5.41 Å². The number of anilines is 1. The van der Waals surface area contributed by atoms with Crippen LogP contribution in [0.1, 0.15) is 32.2 Å². The van der Waals surface area contributed by atoms with Gasteiger partial charge in [0.2, 0.25) is 5.88 Å². The lowest BCUT2D eigenvalue weighted by molar-refractivity contribution is 0.290. The van der Waals surface area contributed by atoms with Gasteiger partial charge in [-0.1, -0.05) is 44.5 Å². The zero-order chi connectivity index (χ0) is 14.8. The van der Waals surface area contributed by atoms with Crippen molar-refractivity contribution >= 4 is 17.4 Å². The Kier molecular flexibility index (Phi) is 4.14. The first-order valence-corrected chi connectivity index (χ1v) is 6.75. The largest absolute Gasteiger partial charge is 0.473 e. The minimum atomic E-state index is -0.177. The van der Waals surface area contributed by atoms with Gasteiger partial charge in [0.25, 0.3) is 0 Å². The van der Waals surface area contributed by atoms with Crippen LogP contribution in [-0.4, -0.2) is 9.97 Å². The summed E-state index contributed by atoms with van der Waals surface area (Å²) in [4.78, 5) is 8.64. The highest BCUT2D eigenvalue weighted by molar-refractivity contribution is 6.30. The Morgan fingerprint density at radius 3 is 2.60 bits per heavy atom.